The Morgan fingerprint density at radius 1 is 0.867 bits per heavy atom. The van der Waals surface area contributed by atoms with Gasteiger partial charge >= 0.3 is 5.97 Å². The smallest absolute Gasteiger partial charge is 0.333 e. The number of aromatic nitrogens is 1. The Hall–Kier alpha value is -5.08. The molecule has 3 fully saturated rings. The predicted molar refractivity (Wildman–Crippen MR) is 280 cm³/mol. The number of nitrogens with zero attached hydrogens (tertiary/aromatic N) is 5. The van der Waals surface area contributed by atoms with Crippen LogP contribution in [0, 0.1) is 29.6 Å². The average Bonchev–Trinajstić information content (AvgIpc) is 4.13. The number of rotatable bonds is 30. The third-order valence-corrected chi connectivity index (χ3v) is 15.9. The van der Waals surface area contributed by atoms with Crippen LogP contribution in [0.3, 0.4) is 0 Å². The maximum atomic E-state index is 14.7. The summed E-state index contributed by atoms with van der Waals surface area (Å²) in [6.45, 7) is 12.9. The molecule has 19 nitrogen and oxygen atoms in total. The Balaban J connectivity index is 1.22. The van der Waals surface area contributed by atoms with Crippen LogP contribution in [-0.2, 0) is 63.9 Å². The van der Waals surface area contributed by atoms with Crippen LogP contribution in [0.15, 0.2) is 30.5 Å². The number of ketones is 2. The number of aromatic amines is 1. The van der Waals surface area contributed by atoms with Gasteiger partial charge in [-0.05, 0) is 88.9 Å². The molecule has 1 aromatic carbocycles. The van der Waals surface area contributed by atoms with Crippen LogP contribution in [0.4, 0.5) is 0 Å². The number of hydrogen-bond donors (Lipinski definition) is 2. The number of aliphatic hydroxyl groups excluding tert-OH is 1. The summed E-state index contributed by atoms with van der Waals surface area (Å²) in [5.74, 6) is -5.31. The van der Waals surface area contributed by atoms with Crippen LogP contribution in [0.25, 0.3) is 10.9 Å². The van der Waals surface area contributed by atoms with Crippen LogP contribution in [0.5, 0.6) is 0 Å². The molecule has 0 unspecified atom stereocenters. The Bertz CT molecular complexity index is 2250. The lowest BCUT2D eigenvalue weighted by atomic mass is 9.84. The maximum Gasteiger partial charge on any atom is 0.333 e. The molecule has 3 aliphatic heterocycles. The Kier molecular flexibility index (Phi) is 23.4. The van der Waals surface area contributed by atoms with Gasteiger partial charge in [-0.2, -0.15) is 0 Å². The molecule has 418 valence electrons. The van der Waals surface area contributed by atoms with Crippen molar-refractivity contribution in [3.8, 4) is 0 Å². The van der Waals surface area contributed by atoms with Gasteiger partial charge in [-0.25, -0.2) is 9.86 Å². The number of likely N-dealkylation sites (tertiary alicyclic amines) is 1. The zero-order chi connectivity index (χ0) is 55.1. The zero-order valence-corrected chi connectivity index (χ0v) is 46.3. The summed E-state index contributed by atoms with van der Waals surface area (Å²) < 4.78 is 12.2. The number of hydrogen-bond acceptors (Lipinski definition) is 14. The van der Waals surface area contributed by atoms with Crippen molar-refractivity contribution in [3.05, 3.63) is 36.0 Å². The number of methoxy groups -OCH3 is 2. The van der Waals surface area contributed by atoms with Gasteiger partial charge in [-0.3, -0.25) is 43.3 Å². The molecule has 5 rings (SSSR count). The van der Waals surface area contributed by atoms with Gasteiger partial charge in [0.15, 0.2) is 5.78 Å². The second-order valence-electron chi connectivity index (χ2n) is 21.5. The molecule has 0 aliphatic carbocycles. The number of nitrogens with one attached hydrogen (secondary N) is 1. The number of aliphatic hydroxyl groups is 1. The lowest BCUT2D eigenvalue weighted by Crippen LogP contribution is -2.54. The van der Waals surface area contributed by atoms with Crippen molar-refractivity contribution >= 4 is 58.0 Å². The van der Waals surface area contributed by atoms with Crippen molar-refractivity contribution in [2.75, 3.05) is 54.6 Å². The molecule has 0 saturated carbocycles. The number of unbranched alkanes of at least 4 members (excludes halogenated alkanes) is 2. The highest BCUT2D eigenvalue weighted by Gasteiger charge is 2.44. The summed E-state index contributed by atoms with van der Waals surface area (Å²) in [4.78, 5) is 127. The van der Waals surface area contributed by atoms with Crippen LogP contribution in [-0.4, -0.2) is 173 Å². The van der Waals surface area contributed by atoms with Crippen LogP contribution in [0.2, 0.25) is 0 Å². The summed E-state index contributed by atoms with van der Waals surface area (Å²) in [5.41, 5.74) is 1.89. The van der Waals surface area contributed by atoms with Crippen molar-refractivity contribution in [3.63, 3.8) is 0 Å². The summed E-state index contributed by atoms with van der Waals surface area (Å²) in [5, 5.41) is 13.8. The molecule has 2 aromatic rings. The number of H-pyrrole nitrogens is 1. The quantitative estimate of drug-likeness (QED) is 0.0693. The fourth-order valence-electron chi connectivity index (χ4n) is 11.4. The molecule has 2 N–H and O–H groups in total. The van der Waals surface area contributed by atoms with Gasteiger partial charge < -0.3 is 34.2 Å². The number of Topliss-reactive ketones (excluding diaryl/α,β-unsaturated/α-hetero) is 2. The van der Waals surface area contributed by atoms with E-state index in [4.69, 9.17) is 19.1 Å². The number of ether oxygens (including phenoxy) is 2. The molecule has 0 radical (unpaired) electrons. The van der Waals surface area contributed by atoms with E-state index in [2.05, 4.69) is 4.98 Å². The second-order valence-corrected chi connectivity index (χ2v) is 21.5. The molecule has 75 heavy (non-hydrogen) atoms. The molecule has 3 aliphatic rings. The first-order valence-corrected chi connectivity index (χ1v) is 27.4. The SMILES string of the molecule is CC[C@H](C)[C@@H]([C@@H](CC(=O)N1CCC[C@H]1[C@H](OC)[C@@H](C)C(=O)C[C@@H](Cc1c[nH]c2ccccc12)C(=O)N1CCCCO1)OC)N(C)C(=O)[C@@H](CC(=O)[C@H]([C@@H](C)O)N(C)CCCCCC(=O)ON1C(=O)CCC1=O)C(C)C. The van der Waals surface area contributed by atoms with E-state index in [1.54, 1.807) is 42.8 Å². The number of carbonyl (C=O) groups excluding carboxylic acids is 8. The molecule has 3 saturated heterocycles. The van der Waals surface area contributed by atoms with E-state index in [0.29, 0.717) is 76.3 Å². The Morgan fingerprint density at radius 2 is 1.57 bits per heavy atom. The average molecular weight is 1050 g/mol. The van der Waals surface area contributed by atoms with E-state index >= 15 is 0 Å². The minimum atomic E-state index is -1.05. The third kappa shape index (κ3) is 15.8. The molecule has 10 atom stereocenters. The highest BCUT2D eigenvalue weighted by atomic mass is 16.7. The van der Waals surface area contributed by atoms with E-state index < -0.39 is 72.0 Å². The molecule has 0 bridgehead atoms. The summed E-state index contributed by atoms with van der Waals surface area (Å²) in [6.07, 6.45) is 4.91. The van der Waals surface area contributed by atoms with Gasteiger partial charge in [0.1, 0.15) is 5.78 Å². The van der Waals surface area contributed by atoms with E-state index in [0.717, 1.165) is 29.3 Å². The van der Waals surface area contributed by atoms with E-state index in [1.807, 2.05) is 65.1 Å². The normalized spacial score (nSPS) is 20.0. The Morgan fingerprint density at radius 3 is 2.20 bits per heavy atom. The first-order valence-electron chi connectivity index (χ1n) is 27.4. The van der Waals surface area contributed by atoms with E-state index in [-0.39, 0.29) is 79.6 Å². The minimum Gasteiger partial charge on any atom is -0.391 e. The van der Waals surface area contributed by atoms with Gasteiger partial charge in [0.05, 0.1) is 55.4 Å². The van der Waals surface area contributed by atoms with Gasteiger partial charge in [0, 0.05) is 95.4 Å². The fourth-order valence-corrected chi connectivity index (χ4v) is 11.4. The number of fused-ring (bicyclic) bond motifs is 1. The van der Waals surface area contributed by atoms with E-state index in [1.165, 1.54) is 12.2 Å². The van der Waals surface area contributed by atoms with Crippen molar-refractivity contribution in [1.29, 1.82) is 0 Å². The van der Waals surface area contributed by atoms with Gasteiger partial charge in [0.2, 0.25) is 17.7 Å². The number of para-hydroxylation sites is 1. The fraction of sp³-hybridized carbons (Fsp3) is 0.714. The third-order valence-electron chi connectivity index (χ3n) is 15.9. The zero-order valence-electron chi connectivity index (χ0n) is 46.3. The molecular weight excluding hydrogens is 965 g/mol. The number of amides is 5. The number of imide groups is 1. The molecule has 0 spiro atoms. The van der Waals surface area contributed by atoms with Crippen LogP contribution < -0.4 is 0 Å². The first-order chi connectivity index (χ1) is 35.7. The number of likely N-dealkylation sites (N-methyl/N-ethyl adjacent to an activating group) is 2. The number of hydroxylamine groups is 4. The maximum absolute atomic E-state index is 14.7. The van der Waals surface area contributed by atoms with Gasteiger partial charge in [-0.1, -0.05) is 65.7 Å². The Labute approximate surface area is 443 Å². The predicted octanol–water partition coefficient (Wildman–Crippen LogP) is 5.84. The first kappa shape index (κ1) is 60.8. The lowest BCUT2D eigenvalue weighted by Gasteiger charge is -2.41. The van der Waals surface area contributed by atoms with Crippen LogP contribution in [0.1, 0.15) is 137 Å². The van der Waals surface area contributed by atoms with Gasteiger partial charge in [0.25, 0.3) is 11.8 Å². The number of carbonyl (C=O) groups is 8. The van der Waals surface area contributed by atoms with Crippen molar-refractivity contribution in [2.24, 2.45) is 29.6 Å². The van der Waals surface area contributed by atoms with Gasteiger partial charge in [-0.15, -0.1) is 5.06 Å². The number of benzene rings is 1. The van der Waals surface area contributed by atoms with E-state index in [9.17, 15) is 43.5 Å². The lowest BCUT2D eigenvalue weighted by molar-refractivity contribution is -0.201. The minimum absolute atomic E-state index is 0.00534. The summed E-state index contributed by atoms with van der Waals surface area (Å²) >= 11 is 0. The highest BCUT2D eigenvalue weighted by molar-refractivity contribution is 6.01. The highest BCUT2D eigenvalue weighted by Crippen LogP contribution is 2.33. The summed E-state index contributed by atoms with van der Waals surface area (Å²) in [6, 6.07) is 6.00. The molecule has 5 amide bonds. The molecule has 1 aromatic heterocycles. The topological polar surface area (TPSA) is 226 Å². The van der Waals surface area contributed by atoms with Crippen molar-refractivity contribution in [1.82, 2.24) is 29.8 Å². The monoisotopic (exact) mass is 1050 g/mol. The molecule has 4 heterocycles. The molecule has 19 heteroatoms. The largest absolute Gasteiger partial charge is 0.391 e. The van der Waals surface area contributed by atoms with Crippen molar-refractivity contribution < 1.29 is 62.6 Å². The van der Waals surface area contributed by atoms with Crippen molar-refractivity contribution in [2.45, 2.75) is 174 Å². The standard InChI is InChI=1S/C56H86N6O13/c1-11-36(4)52(59(8)56(71)42(35(2)3)32-46(65)53(38(6)63)58(7)26-16-12-13-23-51(69)75-62-48(66)24-25-49(62)67)47(72-9)33-50(68)60-27-19-22-44(60)54(73-10)37(5)45(64)31-39(55(70)61-28-17-18-29-74-61)30-40-34-57-43-21-15-14-20-41(40)43/h14-15,20-21,34-39,42,44,47,52-54,57,63H,11-13,16-19,22-33H2,1-10H3/t36-,37-,38+,39+,42-,44-,47+,52-,53-,54+/m0/s1. The summed E-state index contributed by atoms with van der Waals surface area (Å²) in [7, 11) is 6.52. The molecular formula is C56H86N6O13. The second kappa shape index (κ2) is 28.9. The van der Waals surface area contributed by atoms with Crippen LogP contribution >= 0.6 is 0 Å².